The van der Waals surface area contributed by atoms with Crippen LogP contribution in [-0.4, -0.2) is 31.5 Å². The number of hydrogen-bond donors (Lipinski definition) is 1. The minimum atomic E-state index is -0.108. The molecule has 4 nitrogen and oxygen atoms in total. The lowest BCUT2D eigenvalue weighted by atomic mass is 10.2. The minimum absolute atomic E-state index is 0.0135. The lowest BCUT2D eigenvalue weighted by Gasteiger charge is -2.13. The molecule has 0 bridgehead atoms. The maximum atomic E-state index is 11.3. The van der Waals surface area contributed by atoms with Crippen molar-refractivity contribution in [2.24, 2.45) is 5.73 Å². The number of likely N-dealkylation sites (N-methyl/N-ethyl adjacent to an activating group) is 1. The van der Waals surface area contributed by atoms with Gasteiger partial charge < -0.3 is 15.4 Å². The first-order chi connectivity index (χ1) is 7.54. The molecule has 5 heteroatoms. The van der Waals surface area contributed by atoms with Crippen LogP contribution >= 0.6 is 11.6 Å². The van der Waals surface area contributed by atoms with Crippen LogP contribution in [0.4, 0.5) is 0 Å². The number of amides is 1. The van der Waals surface area contributed by atoms with Gasteiger partial charge in [0.05, 0.1) is 0 Å². The number of halogens is 1. The molecule has 0 unspecified atom stereocenters. The third kappa shape index (κ3) is 3.40. The quantitative estimate of drug-likeness (QED) is 0.865. The molecule has 16 heavy (non-hydrogen) atoms. The summed E-state index contributed by atoms with van der Waals surface area (Å²) in [6.45, 7) is 0.336. The summed E-state index contributed by atoms with van der Waals surface area (Å²) < 4.78 is 5.38. The van der Waals surface area contributed by atoms with Crippen molar-refractivity contribution in [1.82, 2.24) is 4.90 Å². The Hall–Kier alpha value is -1.26. The zero-order chi connectivity index (χ0) is 12.1. The highest BCUT2D eigenvalue weighted by Crippen LogP contribution is 2.22. The summed E-state index contributed by atoms with van der Waals surface area (Å²) in [4.78, 5) is 12.8. The van der Waals surface area contributed by atoms with Crippen LogP contribution in [0.25, 0.3) is 0 Å². The van der Waals surface area contributed by atoms with Crippen LogP contribution in [0.5, 0.6) is 5.75 Å². The number of carbonyl (C=O) groups excluding carboxylic acids is 1. The van der Waals surface area contributed by atoms with Gasteiger partial charge in [0.15, 0.2) is 6.61 Å². The Morgan fingerprint density at radius 1 is 1.50 bits per heavy atom. The number of nitrogens with zero attached hydrogens (tertiary/aromatic N) is 1. The zero-order valence-corrected chi connectivity index (χ0v) is 10.1. The van der Waals surface area contributed by atoms with E-state index in [1.807, 2.05) is 0 Å². The van der Waals surface area contributed by atoms with Crippen molar-refractivity contribution in [3.05, 3.63) is 28.8 Å². The highest BCUT2D eigenvalue weighted by molar-refractivity contribution is 6.30. The lowest BCUT2D eigenvalue weighted by Crippen LogP contribution is -2.27. The maximum absolute atomic E-state index is 11.3. The third-order valence-corrected chi connectivity index (χ3v) is 2.33. The second-order valence-electron chi connectivity index (χ2n) is 3.53. The van der Waals surface area contributed by atoms with E-state index in [9.17, 15) is 4.79 Å². The van der Waals surface area contributed by atoms with Gasteiger partial charge in [0, 0.05) is 31.2 Å². The molecular formula is C11H15ClN2O2. The zero-order valence-electron chi connectivity index (χ0n) is 9.37. The molecule has 0 atom stereocenters. The predicted octanol–water partition coefficient (Wildman–Crippen LogP) is 1.27. The van der Waals surface area contributed by atoms with Crippen molar-refractivity contribution in [1.29, 1.82) is 0 Å². The first-order valence-corrected chi connectivity index (χ1v) is 5.24. The van der Waals surface area contributed by atoms with Gasteiger partial charge in [0.25, 0.3) is 5.91 Å². The molecule has 1 aromatic rings. The summed E-state index contributed by atoms with van der Waals surface area (Å²) in [5.41, 5.74) is 6.38. The van der Waals surface area contributed by atoms with Crippen LogP contribution in [0.2, 0.25) is 5.02 Å². The Kier molecular flexibility index (Phi) is 4.58. The number of ether oxygens (including phenoxy) is 1. The largest absolute Gasteiger partial charge is 0.483 e. The molecule has 0 aliphatic rings. The van der Waals surface area contributed by atoms with E-state index in [0.717, 1.165) is 5.56 Å². The average molecular weight is 243 g/mol. The summed E-state index contributed by atoms with van der Waals surface area (Å²) in [7, 11) is 3.35. The van der Waals surface area contributed by atoms with Gasteiger partial charge in [-0.15, -0.1) is 0 Å². The van der Waals surface area contributed by atoms with Gasteiger partial charge >= 0.3 is 0 Å². The van der Waals surface area contributed by atoms with Crippen LogP contribution < -0.4 is 10.5 Å². The van der Waals surface area contributed by atoms with E-state index in [2.05, 4.69) is 0 Å². The number of nitrogens with two attached hydrogens (primary N) is 1. The number of hydrogen-bond acceptors (Lipinski definition) is 3. The Labute approximate surface area is 99.9 Å². The Bertz CT molecular complexity index is 380. The molecule has 0 heterocycles. The molecule has 0 fully saturated rings. The molecule has 1 aromatic carbocycles. The van der Waals surface area contributed by atoms with Crippen LogP contribution in [-0.2, 0) is 11.3 Å². The second-order valence-corrected chi connectivity index (χ2v) is 3.97. The fraction of sp³-hybridized carbons (Fsp3) is 0.364. The van der Waals surface area contributed by atoms with E-state index in [-0.39, 0.29) is 12.5 Å². The molecule has 0 aromatic heterocycles. The smallest absolute Gasteiger partial charge is 0.259 e. The molecule has 0 radical (unpaired) electrons. The van der Waals surface area contributed by atoms with E-state index < -0.39 is 0 Å². The van der Waals surface area contributed by atoms with Crippen LogP contribution in [0.15, 0.2) is 18.2 Å². The SMILES string of the molecule is CN(C)C(=O)COc1cc(Cl)ccc1CN. The Morgan fingerprint density at radius 2 is 2.19 bits per heavy atom. The van der Waals surface area contributed by atoms with Crippen molar-refractivity contribution in [3.8, 4) is 5.75 Å². The monoisotopic (exact) mass is 242 g/mol. The maximum Gasteiger partial charge on any atom is 0.259 e. The van der Waals surface area contributed by atoms with Crippen molar-refractivity contribution < 1.29 is 9.53 Å². The molecular weight excluding hydrogens is 228 g/mol. The van der Waals surface area contributed by atoms with E-state index >= 15 is 0 Å². The highest BCUT2D eigenvalue weighted by atomic mass is 35.5. The van der Waals surface area contributed by atoms with Gasteiger partial charge in [-0.1, -0.05) is 17.7 Å². The molecule has 0 spiro atoms. The molecule has 0 aliphatic carbocycles. The van der Waals surface area contributed by atoms with Gasteiger partial charge in [-0.05, 0) is 12.1 Å². The first-order valence-electron chi connectivity index (χ1n) is 4.86. The molecule has 0 saturated carbocycles. The van der Waals surface area contributed by atoms with Crippen molar-refractivity contribution >= 4 is 17.5 Å². The van der Waals surface area contributed by atoms with Gasteiger partial charge in [0.2, 0.25) is 0 Å². The highest BCUT2D eigenvalue weighted by Gasteiger charge is 2.08. The molecule has 0 saturated heterocycles. The van der Waals surface area contributed by atoms with Gasteiger partial charge in [-0.2, -0.15) is 0 Å². The van der Waals surface area contributed by atoms with Gasteiger partial charge in [-0.3, -0.25) is 4.79 Å². The van der Waals surface area contributed by atoms with Crippen molar-refractivity contribution in [2.45, 2.75) is 6.54 Å². The standard InChI is InChI=1S/C11H15ClN2O2/c1-14(2)11(15)7-16-10-5-9(12)4-3-8(10)6-13/h3-5H,6-7,13H2,1-2H3. The van der Waals surface area contributed by atoms with Crippen molar-refractivity contribution in [2.75, 3.05) is 20.7 Å². The summed E-state index contributed by atoms with van der Waals surface area (Å²) in [5.74, 6) is 0.452. The van der Waals surface area contributed by atoms with E-state index in [1.165, 1.54) is 4.90 Å². The summed E-state index contributed by atoms with van der Waals surface area (Å²) in [5, 5.41) is 0.560. The minimum Gasteiger partial charge on any atom is -0.483 e. The number of rotatable bonds is 4. The predicted molar refractivity (Wildman–Crippen MR) is 63.5 cm³/mol. The first kappa shape index (κ1) is 12.8. The van der Waals surface area contributed by atoms with Crippen molar-refractivity contribution in [3.63, 3.8) is 0 Å². The van der Waals surface area contributed by atoms with Crippen LogP contribution in [0, 0.1) is 0 Å². The topological polar surface area (TPSA) is 55.6 Å². The lowest BCUT2D eigenvalue weighted by molar-refractivity contribution is -0.130. The molecule has 88 valence electrons. The molecule has 0 aliphatic heterocycles. The Morgan fingerprint density at radius 3 is 2.75 bits per heavy atom. The summed E-state index contributed by atoms with van der Waals surface area (Å²) in [6, 6.07) is 5.19. The molecule has 2 N–H and O–H groups in total. The summed E-state index contributed by atoms with van der Waals surface area (Å²) in [6.07, 6.45) is 0. The fourth-order valence-electron chi connectivity index (χ4n) is 1.10. The van der Waals surface area contributed by atoms with Crippen LogP contribution in [0.3, 0.4) is 0 Å². The van der Waals surface area contributed by atoms with E-state index in [0.29, 0.717) is 17.3 Å². The van der Waals surface area contributed by atoms with Gasteiger partial charge in [0.1, 0.15) is 5.75 Å². The van der Waals surface area contributed by atoms with Gasteiger partial charge in [-0.25, -0.2) is 0 Å². The van der Waals surface area contributed by atoms with E-state index in [1.54, 1.807) is 32.3 Å². The normalized spacial score (nSPS) is 10.0. The second kappa shape index (κ2) is 5.72. The number of benzene rings is 1. The summed E-state index contributed by atoms with van der Waals surface area (Å²) >= 11 is 5.84. The molecule has 1 rings (SSSR count). The number of carbonyl (C=O) groups is 1. The molecule has 1 amide bonds. The Balaban J connectivity index is 2.72. The fourth-order valence-corrected chi connectivity index (χ4v) is 1.26. The van der Waals surface area contributed by atoms with Crippen LogP contribution in [0.1, 0.15) is 5.56 Å². The third-order valence-electron chi connectivity index (χ3n) is 2.10. The average Bonchev–Trinajstić information content (AvgIpc) is 2.25. The van der Waals surface area contributed by atoms with E-state index in [4.69, 9.17) is 22.1 Å².